The summed E-state index contributed by atoms with van der Waals surface area (Å²) in [7, 11) is 0. The Balaban J connectivity index is 1.77. The largest absolute Gasteiger partial charge is 0.373 e. The maximum absolute atomic E-state index is 12.1. The minimum atomic E-state index is -0.771. The van der Waals surface area contributed by atoms with Crippen LogP contribution in [-0.2, 0) is 9.53 Å². The summed E-state index contributed by atoms with van der Waals surface area (Å²) in [6.45, 7) is 3.97. The molecule has 17 heavy (non-hydrogen) atoms. The summed E-state index contributed by atoms with van der Waals surface area (Å²) in [5.41, 5.74) is -0.801. The number of hydrogen-bond acceptors (Lipinski definition) is 3. The van der Waals surface area contributed by atoms with Gasteiger partial charge in [0.05, 0.1) is 18.2 Å². The van der Waals surface area contributed by atoms with Crippen LogP contribution in [0.4, 0.5) is 4.79 Å². The molecule has 3 rings (SSSR count). The second-order valence-electron chi connectivity index (χ2n) is 5.94. The van der Waals surface area contributed by atoms with Gasteiger partial charge in [0.25, 0.3) is 5.91 Å². The van der Waals surface area contributed by atoms with Gasteiger partial charge in [-0.2, -0.15) is 0 Å². The number of nitrogens with one attached hydrogen (secondary N) is 1. The first-order chi connectivity index (χ1) is 7.94. The zero-order valence-corrected chi connectivity index (χ0v) is 10.3. The van der Waals surface area contributed by atoms with Crippen LogP contribution in [0, 0.1) is 0 Å². The predicted molar refractivity (Wildman–Crippen MR) is 60.4 cm³/mol. The van der Waals surface area contributed by atoms with E-state index in [-0.39, 0.29) is 23.6 Å². The van der Waals surface area contributed by atoms with E-state index in [1.165, 1.54) is 11.3 Å². The molecule has 0 aromatic rings. The van der Waals surface area contributed by atoms with E-state index in [4.69, 9.17) is 4.74 Å². The van der Waals surface area contributed by atoms with Crippen molar-refractivity contribution in [3.63, 3.8) is 0 Å². The minimum Gasteiger partial charge on any atom is -0.373 e. The van der Waals surface area contributed by atoms with Gasteiger partial charge in [-0.15, -0.1) is 0 Å². The predicted octanol–water partition coefficient (Wildman–Crippen LogP) is 1.03. The van der Waals surface area contributed by atoms with Crippen molar-refractivity contribution in [2.45, 2.75) is 56.7 Å². The van der Waals surface area contributed by atoms with Gasteiger partial charge in [-0.25, -0.2) is 4.79 Å². The molecule has 0 unspecified atom stereocenters. The van der Waals surface area contributed by atoms with Crippen LogP contribution < -0.4 is 5.32 Å². The quantitative estimate of drug-likeness (QED) is 0.694. The molecule has 1 saturated carbocycles. The SMILES string of the molecule is CC1(C)NC(=O)N([C@@H]2COC3(CCC3)C2)C1=O. The number of ether oxygens (including phenoxy) is 1. The van der Waals surface area contributed by atoms with Crippen LogP contribution in [0.3, 0.4) is 0 Å². The van der Waals surface area contributed by atoms with Gasteiger partial charge in [0.15, 0.2) is 0 Å². The highest BCUT2D eigenvalue weighted by atomic mass is 16.5. The monoisotopic (exact) mass is 238 g/mol. The molecule has 0 aromatic heterocycles. The third kappa shape index (κ3) is 1.48. The maximum Gasteiger partial charge on any atom is 0.325 e. The molecule has 94 valence electrons. The molecule has 2 saturated heterocycles. The van der Waals surface area contributed by atoms with Crippen LogP contribution in [0.5, 0.6) is 0 Å². The number of amides is 3. The third-order valence-electron chi connectivity index (χ3n) is 4.21. The van der Waals surface area contributed by atoms with Crippen LogP contribution in [0.1, 0.15) is 39.5 Å². The van der Waals surface area contributed by atoms with E-state index < -0.39 is 5.54 Å². The van der Waals surface area contributed by atoms with Gasteiger partial charge in [0, 0.05) is 0 Å². The molecule has 3 amide bonds. The summed E-state index contributed by atoms with van der Waals surface area (Å²) in [5, 5.41) is 2.72. The number of carbonyl (C=O) groups excluding carboxylic acids is 2. The molecule has 1 atom stereocenters. The van der Waals surface area contributed by atoms with Crippen molar-refractivity contribution in [1.82, 2.24) is 10.2 Å². The Morgan fingerprint density at radius 1 is 1.35 bits per heavy atom. The lowest BCUT2D eigenvalue weighted by Crippen LogP contribution is -2.44. The van der Waals surface area contributed by atoms with Gasteiger partial charge in [0.1, 0.15) is 5.54 Å². The molecule has 5 heteroatoms. The average molecular weight is 238 g/mol. The third-order valence-corrected chi connectivity index (χ3v) is 4.21. The van der Waals surface area contributed by atoms with Crippen molar-refractivity contribution in [2.24, 2.45) is 0 Å². The maximum atomic E-state index is 12.1. The number of hydrogen-bond donors (Lipinski definition) is 1. The van der Waals surface area contributed by atoms with Crippen molar-refractivity contribution < 1.29 is 14.3 Å². The van der Waals surface area contributed by atoms with E-state index in [9.17, 15) is 9.59 Å². The fourth-order valence-corrected chi connectivity index (χ4v) is 3.01. The molecule has 1 aliphatic carbocycles. The first kappa shape index (κ1) is 11.0. The number of carbonyl (C=O) groups is 2. The van der Waals surface area contributed by atoms with Crippen molar-refractivity contribution in [3.8, 4) is 0 Å². The van der Waals surface area contributed by atoms with Gasteiger partial charge in [-0.1, -0.05) is 0 Å². The molecule has 0 bridgehead atoms. The topological polar surface area (TPSA) is 58.6 Å². The van der Waals surface area contributed by atoms with E-state index in [2.05, 4.69) is 5.32 Å². The molecule has 2 heterocycles. The van der Waals surface area contributed by atoms with E-state index in [1.54, 1.807) is 13.8 Å². The normalized spacial score (nSPS) is 34.0. The van der Waals surface area contributed by atoms with Crippen LogP contribution in [-0.4, -0.2) is 40.6 Å². The Morgan fingerprint density at radius 2 is 2.06 bits per heavy atom. The van der Waals surface area contributed by atoms with Crippen LogP contribution >= 0.6 is 0 Å². The number of rotatable bonds is 1. The number of imide groups is 1. The fourth-order valence-electron chi connectivity index (χ4n) is 3.01. The molecular formula is C12H18N2O3. The average Bonchev–Trinajstić information content (AvgIpc) is 2.68. The van der Waals surface area contributed by atoms with Crippen molar-refractivity contribution in [3.05, 3.63) is 0 Å². The Kier molecular flexibility index (Phi) is 2.09. The molecule has 0 radical (unpaired) electrons. The Morgan fingerprint density at radius 3 is 2.47 bits per heavy atom. The van der Waals surface area contributed by atoms with E-state index >= 15 is 0 Å². The van der Waals surface area contributed by atoms with Crippen molar-refractivity contribution >= 4 is 11.9 Å². The van der Waals surface area contributed by atoms with Crippen LogP contribution in [0.2, 0.25) is 0 Å². The van der Waals surface area contributed by atoms with E-state index in [1.807, 2.05) is 0 Å². The van der Waals surface area contributed by atoms with Gasteiger partial charge in [-0.05, 0) is 39.5 Å². The van der Waals surface area contributed by atoms with Gasteiger partial charge in [-0.3, -0.25) is 9.69 Å². The first-order valence-corrected chi connectivity index (χ1v) is 6.23. The Labute approximate surface area is 100 Å². The lowest BCUT2D eigenvalue weighted by molar-refractivity contribution is -0.131. The molecule has 1 spiro atoms. The molecular weight excluding hydrogens is 220 g/mol. The summed E-state index contributed by atoms with van der Waals surface area (Å²) >= 11 is 0. The van der Waals surface area contributed by atoms with Gasteiger partial charge >= 0.3 is 6.03 Å². The summed E-state index contributed by atoms with van der Waals surface area (Å²) in [6, 6.07) is -0.352. The zero-order chi connectivity index (χ0) is 12.3. The highest BCUT2D eigenvalue weighted by molar-refractivity contribution is 6.06. The molecule has 0 aromatic carbocycles. The van der Waals surface area contributed by atoms with E-state index in [0.29, 0.717) is 6.61 Å². The van der Waals surface area contributed by atoms with Gasteiger partial charge in [0.2, 0.25) is 0 Å². The molecule has 2 aliphatic heterocycles. The van der Waals surface area contributed by atoms with Crippen molar-refractivity contribution in [1.29, 1.82) is 0 Å². The second kappa shape index (κ2) is 3.22. The number of urea groups is 1. The highest BCUT2D eigenvalue weighted by Gasteiger charge is 2.53. The number of nitrogens with zero attached hydrogens (tertiary/aromatic N) is 1. The summed E-state index contributed by atoms with van der Waals surface area (Å²) in [6.07, 6.45) is 4.13. The van der Waals surface area contributed by atoms with E-state index in [0.717, 1.165) is 19.3 Å². The van der Waals surface area contributed by atoms with Gasteiger partial charge < -0.3 is 10.1 Å². The lowest BCUT2D eigenvalue weighted by Gasteiger charge is -2.37. The smallest absolute Gasteiger partial charge is 0.325 e. The lowest BCUT2D eigenvalue weighted by atomic mass is 9.77. The molecule has 3 fully saturated rings. The zero-order valence-electron chi connectivity index (χ0n) is 10.3. The van der Waals surface area contributed by atoms with Crippen molar-refractivity contribution in [2.75, 3.05) is 6.61 Å². The molecule has 5 nitrogen and oxygen atoms in total. The summed E-state index contributed by atoms with van der Waals surface area (Å²) in [5.74, 6) is -0.132. The molecule has 1 N–H and O–H groups in total. The van der Waals surface area contributed by atoms with Crippen LogP contribution in [0.25, 0.3) is 0 Å². The highest BCUT2D eigenvalue weighted by Crippen LogP contribution is 2.45. The minimum absolute atomic E-state index is 0.0298. The second-order valence-corrected chi connectivity index (χ2v) is 5.94. The Bertz CT molecular complexity index is 387. The fraction of sp³-hybridized carbons (Fsp3) is 0.833. The standard InChI is InChI=1S/C12H18N2O3/c1-11(2)9(15)14(10(16)13-11)8-6-12(17-7-8)4-3-5-12/h8H,3-7H2,1-2H3,(H,13,16)/t8-/m0/s1. The Hall–Kier alpha value is -1.10. The summed E-state index contributed by atoms with van der Waals surface area (Å²) < 4.78 is 5.79. The summed E-state index contributed by atoms with van der Waals surface area (Å²) in [4.78, 5) is 25.3. The first-order valence-electron chi connectivity index (χ1n) is 6.23. The van der Waals surface area contributed by atoms with Crippen LogP contribution in [0.15, 0.2) is 0 Å². The molecule has 3 aliphatic rings.